The van der Waals surface area contributed by atoms with Crippen LogP contribution in [0.5, 0.6) is 5.75 Å². The van der Waals surface area contributed by atoms with Gasteiger partial charge in [0.15, 0.2) is 0 Å². The number of rotatable bonds is 3. The van der Waals surface area contributed by atoms with E-state index in [9.17, 15) is 0 Å². The van der Waals surface area contributed by atoms with Crippen LogP contribution in [-0.4, -0.2) is 6.61 Å². The standard InChI is InChI=1S/C10H16N2O/c1-3-4-13-8-5-7(2)10(12)9(11)6-8/h5-6H,3-4,11-12H2,1-2H3. The van der Waals surface area contributed by atoms with Crippen LogP contribution in [0.3, 0.4) is 0 Å². The lowest BCUT2D eigenvalue weighted by atomic mass is 10.1. The molecule has 4 N–H and O–H groups in total. The summed E-state index contributed by atoms with van der Waals surface area (Å²) in [5, 5.41) is 0. The van der Waals surface area contributed by atoms with E-state index in [2.05, 4.69) is 6.92 Å². The molecule has 3 heteroatoms. The van der Waals surface area contributed by atoms with E-state index in [1.807, 2.05) is 13.0 Å². The van der Waals surface area contributed by atoms with E-state index in [-0.39, 0.29) is 0 Å². The van der Waals surface area contributed by atoms with Crippen LogP contribution < -0.4 is 16.2 Å². The normalized spacial score (nSPS) is 10.0. The quantitative estimate of drug-likeness (QED) is 0.699. The summed E-state index contributed by atoms with van der Waals surface area (Å²) in [5.41, 5.74) is 13.6. The van der Waals surface area contributed by atoms with Crippen molar-refractivity contribution in [3.8, 4) is 5.75 Å². The molecule has 0 saturated carbocycles. The molecule has 0 aliphatic carbocycles. The maximum Gasteiger partial charge on any atom is 0.121 e. The van der Waals surface area contributed by atoms with Crippen molar-refractivity contribution in [3.05, 3.63) is 17.7 Å². The zero-order chi connectivity index (χ0) is 9.84. The first-order valence-electron chi connectivity index (χ1n) is 4.43. The first-order chi connectivity index (χ1) is 6.15. The fourth-order valence-corrected chi connectivity index (χ4v) is 1.09. The number of ether oxygens (including phenoxy) is 1. The molecule has 0 fully saturated rings. The first kappa shape index (κ1) is 9.71. The van der Waals surface area contributed by atoms with E-state index < -0.39 is 0 Å². The number of aryl methyl sites for hydroxylation is 1. The predicted molar refractivity (Wildman–Crippen MR) is 55.8 cm³/mol. The summed E-state index contributed by atoms with van der Waals surface area (Å²) in [6.45, 7) is 4.70. The Morgan fingerprint density at radius 1 is 1.31 bits per heavy atom. The highest BCUT2D eigenvalue weighted by Crippen LogP contribution is 2.25. The third-order valence-electron chi connectivity index (χ3n) is 1.87. The number of nitrogen functional groups attached to an aromatic ring is 2. The fraction of sp³-hybridized carbons (Fsp3) is 0.400. The van der Waals surface area contributed by atoms with Crippen molar-refractivity contribution in [2.45, 2.75) is 20.3 Å². The molecule has 0 saturated heterocycles. The van der Waals surface area contributed by atoms with Crippen molar-refractivity contribution >= 4 is 11.4 Å². The lowest BCUT2D eigenvalue weighted by Crippen LogP contribution is -2.00. The SMILES string of the molecule is CCCOc1cc(C)c(N)c(N)c1. The highest BCUT2D eigenvalue weighted by molar-refractivity contribution is 5.69. The third kappa shape index (κ3) is 2.28. The van der Waals surface area contributed by atoms with E-state index >= 15 is 0 Å². The second-order valence-corrected chi connectivity index (χ2v) is 3.09. The molecular weight excluding hydrogens is 164 g/mol. The van der Waals surface area contributed by atoms with Gasteiger partial charge >= 0.3 is 0 Å². The molecule has 1 aromatic carbocycles. The van der Waals surface area contributed by atoms with Gasteiger partial charge in [0.2, 0.25) is 0 Å². The highest BCUT2D eigenvalue weighted by Gasteiger charge is 2.02. The summed E-state index contributed by atoms with van der Waals surface area (Å²) < 4.78 is 5.44. The van der Waals surface area contributed by atoms with E-state index in [0.717, 1.165) is 17.7 Å². The Morgan fingerprint density at radius 2 is 2.00 bits per heavy atom. The average Bonchev–Trinajstić information content (AvgIpc) is 2.10. The van der Waals surface area contributed by atoms with E-state index in [4.69, 9.17) is 16.2 Å². The second-order valence-electron chi connectivity index (χ2n) is 3.09. The third-order valence-corrected chi connectivity index (χ3v) is 1.87. The van der Waals surface area contributed by atoms with Crippen molar-refractivity contribution in [1.82, 2.24) is 0 Å². The van der Waals surface area contributed by atoms with Gasteiger partial charge in [-0.1, -0.05) is 6.92 Å². The van der Waals surface area contributed by atoms with Crippen LogP contribution in [0.4, 0.5) is 11.4 Å². The number of anilines is 2. The van der Waals surface area contributed by atoms with Crippen LogP contribution in [0.15, 0.2) is 12.1 Å². The molecule has 0 spiro atoms. The van der Waals surface area contributed by atoms with Gasteiger partial charge in [0.25, 0.3) is 0 Å². The summed E-state index contributed by atoms with van der Waals surface area (Å²) in [4.78, 5) is 0. The van der Waals surface area contributed by atoms with Crippen LogP contribution >= 0.6 is 0 Å². The summed E-state index contributed by atoms with van der Waals surface area (Å²) in [7, 11) is 0. The second kappa shape index (κ2) is 4.03. The van der Waals surface area contributed by atoms with Crippen molar-refractivity contribution in [2.24, 2.45) is 0 Å². The van der Waals surface area contributed by atoms with Crippen LogP contribution in [0.25, 0.3) is 0 Å². The molecule has 0 radical (unpaired) electrons. The van der Waals surface area contributed by atoms with Crippen LogP contribution in [0.1, 0.15) is 18.9 Å². The molecule has 0 heterocycles. The summed E-state index contributed by atoms with van der Waals surface area (Å²) in [6, 6.07) is 3.67. The number of benzene rings is 1. The van der Waals surface area contributed by atoms with Crippen LogP contribution in [-0.2, 0) is 0 Å². The Bertz CT molecular complexity index is 274. The van der Waals surface area contributed by atoms with Gasteiger partial charge in [-0.3, -0.25) is 0 Å². The molecule has 0 aromatic heterocycles. The van der Waals surface area contributed by atoms with Crippen LogP contribution in [0.2, 0.25) is 0 Å². The Balaban J connectivity index is 2.86. The van der Waals surface area contributed by atoms with Crippen molar-refractivity contribution in [2.75, 3.05) is 18.1 Å². The number of nitrogens with two attached hydrogens (primary N) is 2. The molecule has 0 atom stereocenters. The monoisotopic (exact) mass is 180 g/mol. The molecule has 0 bridgehead atoms. The maximum atomic E-state index is 5.70. The molecule has 0 aliphatic heterocycles. The molecule has 13 heavy (non-hydrogen) atoms. The van der Waals surface area contributed by atoms with Gasteiger partial charge in [-0.25, -0.2) is 0 Å². The van der Waals surface area contributed by atoms with Gasteiger partial charge in [0.05, 0.1) is 18.0 Å². The Hall–Kier alpha value is -1.38. The first-order valence-corrected chi connectivity index (χ1v) is 4.43. The lowest BCUT2D eigenvalue weighted by Gasteiger charge is -2.09. The molecular formula is C10H16N2O. The fourth-order valence-electron chi connectivity index (χ4n) is 1.09. The van der Waals surface area contributed by atoms with E-state index in [1.54, 1.807) is 6.07 Å². The molecule has 0 aliphatic rings. The topological polar surface area (TPSA) is 61.3 Å². The zero-order valence-corrected chi connectivity index (χ0v) is 8.13. The van der Waals surface area contributed by atoms with Crippen molar-refractivity contribution < 1.29 is 4.74 Å². The minimum absolute atomic E-state index is 0.589. The number of hydrogen-bond acceptors (Lipinski definition) is 3. The molecule has 3 nitrogen and oxygen atoms in total. The van der Waals surface area contributed by atoms with Crippen LogP contribution in [0, 0.1) is 6.92 Å². The predicted octanol–water partition coefficient (Wildman–Crippen LogP) is 1.95. The van der Waals surface area contributed by atoms with Gasteiger partial charge in [-0.2, -0.15) is 0 Å². The van der Waals surface area contributed by atoms with Gasteiger partial charge in [0.1, 0.15) is 5.75 Å². The molecule has 72 valence electrons. The maximum absolute atomic E-state index is 5.70. The van der Waals surface area contributed by atoms with Crippen molar-refractivity contribution in [1.29, 1.82) is 0 Å². The smallest absolute Gasteiger partial charge is 0.121 e. The lowest BCUT2D eigenvalue weighted by molar-refractivity contribution is 0.317. The largest absolute Gasteiger partial charge is 0.494 e. The molecule has 0 unspecified atom stereocenters. The average molecular weight is 180 g/mol. The summed E-state index contributed by atoms with van der Waals surface area (Å²) >= 11 is 0. The number of hydrogen-bond donors (Lipinski definition) is 2. The summed E-state index contributed by atoms with van der Waals surface area (Å²) in [6.07, 6.45) is 0.989. The Kier molecular flexibility index (Phi) is 3.01. The van der Waals surface area contributed by atoms with Gasteiger partial charge in [-0.05, 0) is 25.0 Å². The van der Waals surface area contributed by atoms with Gasteiger partial charge in [-0.15, -0.1) is 0 Å². The Labute approximate surface area is 78.7 Å². The minimum atomic E-state index is 0.589. The summed E-state index contributed by atoms with van der Waals surface area (Å²) in [5.74, 6) is 0.797. The van der Waals surface area contributed by atoms with E-state index in [0.29, 0.717) is 18.0 Å². The van der Waals surface area contributed by atoms with Crippen molar-refractivity contribution in [3.63, 3.8) is 0 Å². The van der Waals surface area contributed by atoms with Gasteiger partial charge in [0, 0.05) is 6.07 Å². The molecule has 0 amide bonds. The van der Waals surface area contributed by atoms with Gasteiger partial charge < -0.3 is 16.2 Å². The molecule has 1 aromatic rings. The molecule has 1 rings (SSSR count). The Morgan fingerprint density at radius 3 is 2.54 bits per heavy atom. The minimum Gasteiger partial charge on any atom is -0.494 e. The van der Waals surface area contributed by atoms with E-state index in [1.165, 1.54) is 0 Å². The highest BCUT2D eigenvalue weighted by atomic mass is 16.5. The zero-order valence-electron chi connectivity index (χ0n) is 8.13.